The normalized spacial score (nSPS) is 24.9. The predicted molar refractivity (Wildman–Crippen MR) is 64.0 cm³/mol. The number of hydrogen-bond acceptors (Lipinski definition) is 3. The number of ether oxygens (including phenoxy) is 1. The van der Waals surface area contributed by atoms with Gasteiger partial charge in [-0.2, -0.15) is 0 Å². The Morgan fingerprint density at radius 1 is 1.06 bits per heavy atom. The van der Waals surface area contributed by atoms with Gasteiger partial charge in [0, 0.05) is 6.61 Å². The van der Waals surface area contributed by atoms with Crippen LogP contribution in [0.15, 0.2) is 12.2 Å². The lowest BCUT2D eigenvalue weighted by atomic mass is 10.0. The number of aliphatic hydroxyl groups excluding tert-OH is 2. The highest BCUT2D eigenvalue weighted by molar-refractivity contribution is 4.91. The van der Waals surface area contributed by atoms with Crippen LogP contribution in [0.2, 0.25) is 0 Å². The molecule has 0 fully saturated rings. The minimum atomic E-state index is -0.691. The summed E-state index contributed by atoms with van der Waals surface area (Å²) in [5, 5.41) is 17.9. The average Bonchev–Trinajstić information content (AvgIpc) is 2.28. The summed E-state index contributed by atoms with van der Waals surface area (Å²) in [6, 6.07) is 0. The van der Waals surface area contributed by atoms with Gasteiger partial charge in [0.15, 0.2) is 6.29 Å². The molecule has 1 rings (SSSR count). The molecule has 2 atom stereocenters. The highest BCUT2D eigenvalue weighted by atomic mass is 16.6. The molecule has 94 valence electrons. The summed E-state index contributed by atoms with van der Waals surface area (Å²) in [6.07, 6.45) is 12.1. The Morgan fingerprint density at radius 2 is 1.75 bits per heavy atom. The van der Waals surface area contributed by atoms with E-state index in [0.29, 0.717) is 6.61 Å². The van der Waals surface area contributed by atoms with Crippen LogP contribution in [0.25, 0.3) is 0 Å². The molecular formula is C13H24O3. The zero-order valence-electron chi connectivity index (χ0n) is 9.98. The summed E-state index contributed by atoms with van der Waals surface area (Å²) in [6.45, 7) is 0.320. The van der Waals surface area contributed by atoms with Crippen LogP contribution in [-0.4, -0.2) is 29.2 Å². The molecule has 0 radical (unpaired) electrons. The number of rotatable bonds is 8. The molecular weight excluding hydrogens is 204 g/mol. The van der Waals surface area contributed by atoms with E-state index in [2.05, 4.69) is 0 Å². The Bertz CT molecular complexity index is 192. The fraction of sp³-hybridized carbons (Fsp3) is 0.846. The van der Waals surface area contributed by atoms with Gasteiger partial charge in [0.05, 0.1) is 6.10 Å². The van der Waals surface area contributed by atoms with Crippen LogP contribution >= 0.6 is 0 Å². The highest BCUT2D eigenvalue weighted by Crippen LogP contribution is 2.17. The second kappa shape index (κ2) is 8.74. The molecule has 3 nitrogen and oxygen atoms in total. The standard InChI is InChI=1S/C13H24O3/c14-11-6-4-2-1-3-5-8-12-9-7-10-13(15)16-12/h7,10,12-15H,1-6,8-9,11H2. The van der Waals surface area contributed by atoms with E-state index in [0.717, 1.165) is 25.7 Å². The molecule has 0 bridgehead atoms. The topological polar surface area (TPSA) is 49.7 Å². The van der Waals surface area contributed by atoms with E-state index in [9.17, 15) is 5.11 Å². The van der Waals surface area contributed by atoms with E-state index in [-0.39, 0.29) is 6.10 Å². The van der Waals surface area contributed by atoms with Gasteiger partial charge in [-0.25, -0.2) is 0 Å². The molecule has 2 unspecified atom stereocenters. The molecule has 0 saturated carbocycles. The molecule has 0 aromatic rings. The van der Waals surface area contributed by atoms with Crippen LogP contribution in [0, 0.1) is 0 Å². The molecule has 0 saturated heterocycles. The van der Waals surface area contributed by atoms with Crippen molar-refractivity contribution in [2.24, 2.45) is 0 Å². The van der Waals surface area contributed by atoms with Gasteiger partial charge < -0.3 is 14.9 Å². The summed E-state index contributed by atoms with van der Waals surface area (Å²) in [7, 11) is 0. The first-order valence-electron chi connectivity index (χ1n) is 6.44. The average molecular weight is 228 g/mol. The first-order chi connectivity index (χ1) is 7.83. The molecule has 1 aliphatic heterocycles. The third-order valence-corrected chi connectivity index (χ3v) is 2.97. The maximum Gasteiger partial charge on any atom is 0.174 e. The van der Waals surface area contributed by atoms with Gasteiger partial charge in [0.25, 0.3) is 0 Å². The van der Waals surface area contributed by atoms with Crippen molar-refractivity contribution in [2.45, 2.75) is 63.8 Å². The van der Waals surface area contributed by atoms with Gasteiger partial charge in [-0.3, -0.25) is 0 Å². The molecule has 0 spiro atoms. The maximum atomic E-state index is 9.25. The smallest absolute Gasteiger partial charge is 0.174 e. The van der Waals surface area contributed by atoms with Crippen molar-refractivity contribution in [3.05, 3.63) is 12.2 Å². The van der Waals surface area contributed by atoms with Gasteiger partial charge in [-0.05, 0) is 25.3 Å². The van der Waals surface area contributed by atoms with Crippen molar-refractivity contribution in [1.82, 2.24) is 0 Å². The summed E-state index contributed by atoms with van der Waals surface area (Å²) in [5.41, 5.74) is 0. The number of aliphatic hydroxyl groups is 2. The van der Waals surface area contributed by atoms with Crippen molar-refractivity contribution < 1.29 is 14.9 Å². The highest BCUT2D eigenvalue weighted by Gasteiger charge is 2.14. The SMILES string of the molecule is OCCCCCCCCC1CC=CC(O)O1. The lowest BCUT2D eigenvalue weighted by Gasteiger charge is -2.22. The van der Waals surface area contributed by atoms with E-state index < -0.39 is 6.29 Å². The third kappa shape index (κ3) is 6.26. The van der Waals surface area contributed by atoms with Crippen LogP contribution < -0.4 is 0 Å². The second-order valence-corrected chi connectivity index (χ2v) is 4.45. The van der Waals surface area contributed by atoms with E-state index in [1.807, 2.05) is 6.08 Å². The lowest BCUT2D eigenvalue weighted by molar-refractivity contribution is -0.113. The molecule has 1 heterocycles. The minimum Gasteiger partial charge on any atom is -0.396 e. The Morgan fingerprint density at radius 3 is 2.44 bits per heavy atom. The van der Waals surface area contributed by atoms with Crippen LogP contribution in [0.4, 0.5) is 0 Å². The summed E-state index contributed by atoms with van der Waals surface area (Å²) in [5.74, 6) is 0. The zero-order chi connectivity index (χ0) is 11.6. The first-order valence-corrected chi connectivity index (χ1v) is 6.44. The van der Waals surface area contributed by atoms with Crippen molar-refractivity contribution in [3.8, 4) is 0 Å². The van der Waals surface area contributed by atoms with Crippen LogP contribution in [-0.2, 0) is 4.74 Å². The fourth-order valence-electron chi connectivity index (χ4n) is 2.02. The van der Waals surface area contributed by atoms with Crippen LogP contribution in [0.5, 0.6) is 0 Å². The van der Waals surface area contributed by atoms with Crippen LogP contribution in [0.3, 0.4) is 0 Å². The summed E-state index contributed by atoms with van der Waals surface area (Å²) < 4.78 is 5.37. The van der Waals surface area contributed by atoms with Gasteiger partial charge in [-0.15, -0.1) is 0 Å². The number of hydrogen-bond donors (Lipinski definition) is 2. The summed E-state index contributed by atoms with van der Waals surface area (Å²) in [4.78, 5) is 0. The number of unbranched alkanes of at least 4 members (excludes halogenated alkanes) is 5. The molecule has 0 aromatic carbocycles. The Kier molecular flexibility index (Phi) is 7.47. The van der Waals surface area contributed by atoms with Gasteiger partial charge in [-0.1, -0.05) is 38.2 Å². The quantitative estimate of drug-likeness (QED) is 0.495. The molecule has 3 heteroatoms. The maximum absolute atomic E-state index is 9.25. The molecule has 16 heavy (non-hydrogen) atoms. The zero-order valence-corrected chi connectivity index (χ0v) is 9.98. The molecule has 2 N–H and O–H groups in total. The van der Waals surface area contributed by atoms with Gasteiger partial charge in [0.2, 0.25) is 0 Å². The molecule has 0 aliphatic carbocycles. The van der Waals surface area contributed by atoms with E-state index in [1.165, 1.54) is 25.7 Å². The largest absolute Gasteiger partial charge is 0.396 e. The first kappa shape index (κ1) is 13.7. The van der Waals surface area contributed by atoms with Crippen molar-refractivity contribution in [3.63, 3.8) is 0 Å². The van der Waals surface area contributed by atoms with E-state index >= 15 is 0 Å². The Balaban J connectivity index is 1.89. The lowest BCUT2D eigenvalue weighted by Crippen LogP contribution is -2.23. The molecule has 1 aliphatic rings. The Hall–Kier alpha value is -0.380. The van der Waals surface area contributed by atoms with Crippen molar-refractivity contribution in [1.29, 1.82) is 0 Å². The summed E-state index contributed by atoms with van der Waals surface area (Å²) >= 11 is 0. The van der Waals surface area contributed by atoms with Crippen molar-refractivity contribution >= 4 is 0 Å². The van der Waals surface area contributed by atoms with Gasteiger partial charge in [0.1, 0.15) is 0 Å². The van der Waals surface area contributed by atoms with Crippen molar-refractivity contribution in [2.75, 3.05) is 6.61 Å². The third-order valence-electron chi connectivity index (χ3n) is 2.97. The van der Waals surface area contributed by atoms with Gasteiger partial charge >= 0.3 is 0 Å². The predicted octanol–water partition coefficient (Wildman–Crippen LogP) is 2.37. The monoisotopic (exact) mass is 228 g/mol. The Labute approximate surface area is 98.1 Å². The molecule has 0 aromatic heterocycles. The minimum absolute atomic E-state index is 0.206. The second-order valence-electron chi connectivity index (χ2n) is 4.45. The van der Waals surface area contributed by atoms with E-state index in [1.54, 1.807) is 6.08 Å². The van der Waals surface area contributed by atoms with Crippen LogP contribution in [0.1, 0.15) is 51.4 Å². The van der Waals surface area contributed by atoms with E-state index in [4.69, 9.17) is 9.84 Å². The molecule has 0 amide bonds. The fourth-order valence-corrected chi connectivity index (χ4v) is 2.02.